The van der Waals surface area contributed by atoms with Crippen LogP contribution in [0.1, 0.15) is 11.1 Å². The van der Waals surface area contributed by atoms with Gasteiger partial charge in [0.05, 0.1) is 12.6 Å². The number of nitrogens with zero attached hydrogens (tertiary/aromatic N) is 1. The molecule has 1 aromatic heterocycles. The molecule has 0 aliphatic carbocycles. The van der Waals surface area contributed by atoms with Crippen molar-refractivity contribution in [2.75, 3.05) is 13.2 Å². The fourth-order valence-electron chi connectivity index (χ4n) is 2.81. The van der Waals surface area contributed by atoms with Gasteiger partial charge >= 0.3 is 0 Å². The average Bonchev–Trinajstić information content (AvgIpc) is 3.05. The molecule has 4 rings (SSSR count). The fraction of sp³-hybridized carbons (Fsp3) is 0.158. The van der Waals surface area contributed by atoms with Crippen LogP contribution in [0.4, 0.5) is 0 Å². The third kappa shape index (κ3) is 3.33. The molecule has 3 aromatic rings. The van der Waals surface area contributed by atoms with Gasteiger partial charge in [-0.1, -0.05) is 18.2 Å². The quantitative estimate of drug-likeness (QED) is 0.568. The van der Waals surface area contributed by atoms with Crippen molar-refractivity contribution in [2.24, 2.45) is 5.10 Å². The number of nitrogens with one attached hydrogen (secondary N) is 2. The number of aromatic nitrogens is 1. The van der Waals surface area contributed by atoms with E-state index >= 15 is 0 Å². The number of rotatable bonds is 4. The van der Waals surface area contributed by atoms with Gasteiger partial charge in [-0.05, 0) is 35.4 Å². The molecule has 2 aromatic carbocycles. The molecule has 0 fully saturated rings. The van der Waals surface area contributed by atoms with Crippen LogP contribution in [0.2, 0.25) is 0 Å². The number of para-hydroxylation sites is 1. The molecule has 126 valence electrons. The van der Waals surface area contributed by atoms with E-state index in [1.807, 2.05) is 48.7 Å². The van der Waals surface area contributed by atoms with E-state index in [-0.39, 0.29) is 12.3 Å². The van der Waals surface area contributed by atoms with Gasteiger partial charge in [0, 0.05) is 17.1 Å². The van der Waals surface area contributed by atoms with E-state index in [2.05, 4.69) is 15.5 Å². The van der Waals surface area contributed by atoms with Crippen LogP contribution in [0, 0.1) is 0 Å². The van der Waals surface area contributed by atoms with Crippen LogP contribution >= 0.6 is 0 Å². The summed E-state index contributed by atoms with van der Waals surface area (Å²) in [7, 11) is 0. The Bertz CT molecular complexity index is 946. The maximum Gasteiger partial charge on any atom is 0.244 e. The van der Waals surface area contributed by atoms with Gasteiger partial charge in [0.2, 0.25) is 5.91 Å². The number of benzene rings is 2. The second-order valence-corrected chi connectivity index (χ2v) is 5.73. The first-order valence-corrected chi connectivity index (χ1v) is 8.06. The Hall–Kier alpha value is -3.28. The van der Waals surface area contributed by atoms with Crippen molar-refractivity contribution in [1.29, 1.82) is 0 Å². The molecule has 0 radical (unpaired) electrons. The van der Waals surface area contributed by atoms with Crippen molar-refractivity contribution in [3.05, 3.63) is 59.8 Å². The van der Waals surface area contributed by atoms with Crippen molar-refractivity contribution in [1.82, 2.24) is 10.4 Å². The van der Waals surface area contributed by atoms with E-state index < -0.39 is 0 Å². The second kappa shape index (κ2) is 6.68. The minimum atomic E-state index is -0.168. The molecule has 0 atom stereocenters. The lowest BCUT2D eigenvalue weighted by Gasteiger charge is -2.18. The molecule has 0 saturated carbocycles. The molecular formula is C19H17N3O3. The number of H-pyrrole nitrogens is 1. The fourth-order valence-corrected chi connectivity index (χ4v) is 2.81. The van der Waals surface area contributed by atoms with Crippen LogP contribution in [0.3, 0.4) is 0 Å². The minimum absolute atomic E-state index is 0.168. The van der Waals surface area contributed by atoms with Gasteiger partial charge in [-0.2, -0.15) is 5.10 Å². The summed E-state index contributed by atoms with van der Waals surface area (Å²) in [6.07, 6.45) is 3.71. The maximum absolute atomic E-state index is 12.1. The summed E-state index contributed by atoms with van der Waals surface area (Å²) < 4.78 is 11.0. The molecule has 1 aliphatic rings. The van der Waals surface area contributed by atoms with E-state index in [1.165, 1.54) is 0 Å². The monoisotopic (exact) mass is 335 g/mol. The van der Waals surface area contributed by atoms with Crippen molar-refractivity contribution in [3.8, 4) is 11.5 Å². The van der Waals surface area contributed by atoms with Crippen LogP contribution in [0.5, 0.6) is 11.5 Å². The molecule has 0 spiro atoms. The molecule has 6 nitrogen and oxygen atoms in total. The standard InChI is InChI=1S/C19H17N3O3/c23-19(10-14-12-20-16-4-2-1-3-15(14)16)22-21-11-13-5-6-17-18(9-13)25-8-7-24-17/h1-6,9,11-12,20H,7-8,10H2,(H,22,23)/b21-11-. The first-order valence-electron chi connectivity index (χ1n) is 8.06. The molecule has 2 N–H and O–H groups in total. The highest BCUT2D eigenvalue weighted by atomic mass is 16.6. The number of carbonyl (C=O) groups is 1. The van der Waals surface area contributed by atoms with E-state index in [0.29, 0.717) is 19.0 Å². The van der Waals surface area contributed by atoms with E-state index in [9.17, 15) is 4.79 Å². The predicted octanol–water partition coefficient (Wildman–Crippen LogP) is 2.63. The van der Waals surface area contributed by atoms with Gasteiger partial charge < -0.3 is 14.5 Å². The molecular weight excluding hydrogens is 318 g/mol. The summed E-state index contributed by atoms with van der Waals surface area (Å²) in [4.78, 5) is 15.3. The Morgan fingerprint density at radius 2 is 2.00 bits per heavy atom. The number of carbonyl (C=O) groups excluding carboxylic acids is 1. The Morgan fingerprint density at radius 3 is 2.92 bits per heavy atom. The Morgan fingerprint density at radius 1 is 1.16 bits per heavy atom. The number of fused-ring (bicyclic) bond motifs is 2. The van der Waals surface area contributed by atoms with Crippen LogP contribution in [0.25, 0.3) is 10.9 Å². The van der Waals surface area contributed by atoms with Crippen LogP contribution < -0.4 is 14.9 Å². The summed E-state index contributed by atoms with van der Waals surface area (Å²) >= 11 is 0. The van der Waals surface area contributed by atoms with Crippen LogP contribution in [0.15, 0.2) is 53.8 Å². The number of hydrazone groups is 1. The normalized spacial score (nSPS) is 13.3. The number of ether oxygens (including phenoxy) is 2. The number of aromatic amines is 1. The summed E-state index contributed by atoms with van der Waals surface area (Å²) in [6.45, 7) is 1.10. The zero-order chi connectivity index (χ0) is 17.1. The Kier molecular flexibility index (Phi) is 4.08. The van der Waals surface area contributed by atoms with Crippen molar-refractivity contribution in [2.45, 2.75) is 6.42 Å². The lowest BCUT2D eigenvalue weighted by molar-refractivity contribution is -0.120. The van der Waals surface area contributed by atoms with Gasteiger partial charge in [0.15, 0.2) is 11.5 Å². The SMILES string of the molecule is O=C(Cc1c[nH]c2ccccc12)N/N=C\c1ccc2c(c1)OCCO2. The topological polar surface area (TPSA) is 75.7 Å². The first kappa shape index (κ1) is 15.3. The second-order valence-electron chi connectivity index (χ2n) is 5.73. The largest absolute Gasteiger partial charge is 0.486 e. The summed E-state index contributed by atoms with van der Waals surface area (Å²) in [5.41, 5.74) is 5.35. The van der Waals surface area contributed by atoms with Gasteiger partial charge in [-0.15, -0.1) is 0 Å². The highest BCUT2D eigenvalue weighted by Crippen LogP contribution is 2.30. The molecule has 6 heteroatoms. The zero-order valence-corrected chi connectivity index (χ0v) is 13.5. The molecule has 1 aliphatic heterocycles. The lowest BCUT2D eigenvalue weighted by atomic mass is 10.1. The van der Waals surface area contributed by atoms with Crippen LogP contribution in [-0.2, 0) is 11.2 Å². The molecule has 1 amide bonds. The third-order valence-electron chi connectivity index (χ3n) is 4.00. The number of hydrogen-bond donors (Lipinski definition) is 2. The molecule has 0 saturated heterocycles. The van der Waals surface area contributed by atoms with Gasteiger partial charge in [0.25, 0.3) is 0 Å². The third-order valence-corrected chi connectivity index (χ3v) is 4.00. The van der Waals surface area contributed by atoms with Gasteiger partial charge in [0.1, 0.15) is 13.2 Å². The smallest absolute Gasteiger partial charge is 0.244 e. The highest BCUT2D eigenvalue weighted by Gasteiger charge is 2.11. The lowest BCUT2D eigenvalue weighted by Crippen LogP contribution is -2.19. The first-order chi connectivity index (χ1) is 12.3. The van der Waals surface area contributed by atoms with E-state index in [0.717, 1.165) is 27.8 Å². The Balaban J connectivity index is 1.39. The number of hydrogen-bond acceptors (Lipinski definition) is 4. The molecule has 0 unspecified atom stereocenters. The number of amides is 1. The minimum Gasteiger partial charge on any atom is -0.486 e. The van der Waals surface area contributed by atoms with Crippen molar-refractivity contribution in [3.63, 3.8) is 0 Å². The zero-order valence-electron chi connectivity index (χ0n) is 13.5. The van der Waals surface area contributed by atoms with E-state index in [4.69, 9.17) is 9.47 Å². The average molecular weight is 335 g/mol. The molecule has 2 heterocycles. The summed E-state index contributed by atoms with van der Waals surface area (Å²) in [5.74, 6) is 1.26. The maximum atomic E-state index is 12.1. The van der Waals surface area contributed by atoms with Crippen molar-refractivity contribution >= 4 is 23.0 Å². The Labute approximate surface area is 144 Å². The molecule has 25 heavy (non-hydrogen) atoms. The molecule has 0 bridgehead atoms. The summed E-state index contributed by atoms with van der Waals surface area (Å²) in [5, 5.41) is 5.07. The van der Waals surface area contributed by atoms with Gasteiger partial charge in [-0.3, -0.25) is 4.79 Å². The van der Waals surface area contributed by atoms with Crippen LogP contribution in [-0.4, -0.2) is 30.3 Å². The summed E-state index contributed by atoms with van der Waals surface area (Å²) in [6, 6.07) is 13.4. The predicted molar refractivity (Wildman–Crippen MR) is 95.2 cm³/mol. The van der Waals surface area contributed by atoms with Gasteiger partial charge in [-0.25, -0.2) is 5.43 Å². The highest BCUT2D eigenvalue weighted by molar-refractivity contribution is 5.89. The van der Waals surface area contributed by atoms with E-state index in [1.54, 1.807) is 6.21 Å². The van der Waals surface area contributed by atoms with Crippen molar-refractivity contribution < 1.29 is 14.3 Å².